The van der Waals surface area contributed by atoms with E-state index in [1.165, 1.54) is 25.8 Å². The molecule has 1 fully saturated rings. The van der Waals surface area contributed by atoms with Gasteiger partial charge in [0.1, 0.15) is 0 Å². The number of rotatable bonds is 6. The molecule has 3 nitrogen and oxygen atoms in total. The molecule has 0 saturated carbocycles. The number of nitrogens with two attached hydrogens (primary N) is 1. The van der Waals surface area contributed by atoms with Gasteiger partial charge in [0.2, 0.25) is 0 Å². The summed E-state index contributed by atoms with van der Waals surface area (Å²) in [5, 5.41) is 0. The van der Waals surface area contributed by atoms with Crippen LogP contribution >= 0.6 is 0 Å². The molecule has 1 aliphatic heterocycles. The summed E-state index contributed by atoms with van der Waals surface area (Å²) < 4.78 is 5.58. The van der Waals surface area contributed by atoms with Gasteiger partial charge in [0, 0.05) is 25.7 Å². The van der Waals surface area contributed by atoms with E-state index >= 15 is 0 Å². The minimum atomic E-state index is 0.229. The zero-order valence-electron chi connectivity index (χ0n) is 9.54. The highest BCUT2D eigenvalue weighted by Gasteiger charge is 2.24. The van der Waals surface area contributed by atoms with Gasteiger partial charge in [0.25, 0.3) is 0 Å². The molecule has 2 N–H and O–H groups in total. The van der Waals surface area contributed by atoms with Gasteiger partial charge in [-0.15, -0.1) is 0 Å². The molecule has 0 aromatic carbocycles. The molecule has 14 heavy (non-hydrogen) atoms. The van der Waals surface area contributed by atoms with Crippen molar-refractivity contribution in [3.63, 3.8) is 0 Å². The fourth-order valence-corrected chi connectivity index (χ4v) is 2.29. The van der Waals surface area contributed by atoms with Crippen LogP contribution in [0.1, 0.15) is 33.1 Å². The second-order valence-corrected chi connectivity index (χ2v) is 4.01. The molecular formula is C11H24N2O. The summed E-state index contributed by atoms with van der Waals surface area (Å²) in [5.41, 5.74) is 5.67. The van der Waals surface area contributed by atoms with Gasteiger partial charge in [-0.1, -0.05) is 6.92 Å². The van der Waals surface area contributed by atoms with Crippen molar-refractivity contribution in [2.45, 2.75) is 45.3 Å². The third kappa shape index (κ3) is 3.23. The number of likely N-dealkylation sites (tertiary alicyclic amines) is 1. The topological polar surface area (TPSA) is 38.5 Å². The Kier molecular flexibility index (Phi) is 5.45. The van der Waals surface area contributed by atoms with E-state index in [4.69, 9.17) is 10.5 Å². The molecule has 0 aliphatic carbocycles. The zero-order chi connectivity index (χ0) is 10.4. The van der Waals surface area contributed by atoms with Crippen molar-refractivity contribution in [1.29, 1.82) is 0 Å². The lowest BCUT2D eigenvalue weighted by atomic mass is 10.1. The molecule has 1 aliphatic rings. The Morgan fingerprint density at radius 1 is 1.50 bits per heavy atom. The van der Waals surface area contributed by atoms with Crippen molar-refractivity contribution in [3.05, 3.63) is 0 Å². The van der Waals surface area contributed by atoms with Gasteiger partial charge in [0.05, 0.1) is 6.10 Å². The number of hydrogen-bond acceptors (Lipinski definition) is 3. The highest BCUT2D eigenvalue weighted by molar-refractivity contribution is 4.80. The van der Waals surface area contributed by atoms with Crippen LogP contribution in [0.25, 0.3) is 0 Å². The molecule has 0 bridgehead atoms. The van der Waals surface area contributed by atoms with Crippen LogP contribution in [0.2, 0.25) is 0 Å². The quantitative estimate of drug-likeness (QED) is 0.701. The van der Waals surface area contributed by atoms with Gasteiger partial charge in [0.15, 0.2) is 0 Å². The van der Waals surface area contributed by atoms with Crippen molar-refractivity contribution >= 4 is 0 Å². The van der Waals surface area contributed by atoms with Crippen molar-refractivity contribution < 1.29 is 4.74 Å². The fourth-order valence-electron chi connectivity index (χ4n) is 2.29. The predicted octanol–water partition coefficient (Wildman–Crippen LogP) is 1.22. The minimum Gasteiger partial charge on any atom is -0.376 e. The summed E-state index contributed by atoms with van der Waals surface area (Å²) >= 11 is 0. The maximum absolute atomic E-state index is 5.67. The van der Waals surface area contributed by atoms with Gasteiger partial charge >= 0.3 is 0 Å². The zero-order valence-corrected chi connectivity index (χ0v) is 9.54. The van der Waals surface area contributed by atoms with E-state index in [2.05, 4.69) is 11.8 Å². The van der Waals surface area contributed by atoms with Crippen LogP contribution in [-0.4, -0.2) is 43.3 Å². The Bertz CT molecular complexity index is 152. The first-order valence-corrected chi connectivity index (χ1v) is 5.87. The van der Waals surface area contributed by atoms with Crippen LogP contribution in [0.5, 0.6) is 0 Å². The first-order chi connectivity index (χ1) is 6.81. The molecule has 1 saturated heterocycles. The van der Waals surface area contributed by atoms with E-state index < -0.39 is 0 Å². The van der Waals surface area contributed by atoms with Gasteiger partial charge in [-0.05, 0) is 32.7 Å². The maximum atomic E-state index is 5.67. The molecule has 2 unspecified atom stereocenters. The van der Waals surface area contributed by atoms with E-state index in [0.29, 0.717) is 6.54 Å². The first-order valence-electron chi connectivity index (χ1n) is 5.87. The first kappa shape index (κ1) is 12.0. The van der Waals surface area contributed by atoms with E-state index in [1.54, 1.807) is 0 Å². The summed E-state index contributed by atoms with van der Waals surface area (Å²) in [7, 11) is 0. The molecule has 3 heteroatoms. The summed E-state index contributed by atoms with van der Waals surface area (Å²) in [6.07, 6.45) is 4.16. The normalized spacial score (nSPS) is 25.5. The standard InChI is InChI=1S/C11H24N2O/c1-3-10-6-5-7-13(10)9-11(8-12)14-4-2/h10-11H,3-9,12H2,1-2H3. The van der Waals surface area contributed by atoms with E-state index in [9.17, 15) is 0 Å². The average molecular weight is 200 g/mol. The minimum absolute atomic E-state index is 0.229. The van der Waals surface area contributed by atoms with Crippen LogP contribution in [0, 0.1) is 0 Å². The largest absolute Gasteiger partial charge is 0.376 e. The Labute approximate surface area is 87.6 Å². The third-order valence-corrected chi connectivity index (χ3v) is 3.07. The Hall–Kier alpha value is -0.120. The molecule has 1 heterocycles. The van der Waals surface area contributed by atoms with Gasteiger partial charge < -0.3 is 10.5 Å². The summed E-state index contributed by atoms with van der Waals surface area (Å²) in [6, 6.07) is 0.768. The van der Waals surface area contributed by atoms with Crippen LogP contribution in [0.3, 0.4) is 0 Å². The fraction of sp³-hybridized carbons (Fsp3) is 1.00. The number of ether oxygens (including phenoxy) is 1. The average Bonchev–Trinajstić information content (AvgIpc) is 2.64. The molecule has 84 valence electrons. The molecule has 0 spiro atoms. The van der Waals surface area contributed by atoms with Crippen LogP contribution < -0.4 is 5.73 Å². The lowest BCUT2D eigenvalue weighted by Gasteiger charge is -2.27. The molecular weight excluding hydrogens is 176 g/mol. The number of hydrogen-bond donors (Lipinski definition) is 1. The lowest BCUT2D eigenvalue weighted by Crippen LogP contribution is -2.40. The summed E-state index contributed by atoms with van der Waals surface area (Å²) in [4.78, 5) is 2.53. The van der Waals surface area contributed by atoms with Crippen molar-refractivity contribution in [2.75, 3.05) is 26.2 Å². The van der Waals surface area contributed by atoms with Crippen LogP contribution in [0.4, 0.5) is 0 Å². The van der Waals surface area contributed by atoms with Gasteiger partial charge in [-0.25, -0.2) is 0 Å². The SMILES string of the molecule is CCOC(CN)CN1CCCC1CC. The van der Waals surface area contributed by atoms with Gasteiger partial charge in [-0.3, -0.25) is 4.90 Å². The Morgan fingerprint density at radius 2 is 2.29 bits per heavy atom. The van der Waals surface area contributed by atoms with Crippen LogP contribution in [0.15, 0.2) is 0 Å². The molecule has 1 rings (SSSR count). The Morgan fingerprint density at radius 3 is 2.86 bits per heavy atom. The molecule has 0 aromatic rings. The van der Waals surface area contributed by atoms with E-state index in [0.717, 1.165) is 19.2 Å². The molecule has 0 radical (unpaired) electrons. The predicted molar refractivity (Wildman–Crippen MR) is 59.4 cm³/mol. The third-order valence-electron chi connectivity index (χ3n) is 3.07. The molecule has 0 amide bonds. The highest BCUT2D eigenvalue weighted by atomic mass is 16.5. The molecule has 0 aromatic heterocycles. The molecule has 2 atom stereocenters. The van der Waals surface area contributed by atoms with Crippen molar-refractivity contribution in [1.82, 2.24) is 4.90 Å². The summed E-state index contributed by atoms with van der Waals surface area (Å²) in [6.45, 7) is 7.95. The van der Waals surface area contributed by atoms with Crippen molar-refractivity contribution in [3.8, 4) is 0 Å². The lowest BCUT2D eigenvalue weighted by molar-refractivity contribution is 0.0357. The van der Waals surface area contributed by atoms with Gasteiger partial charge in [-0.2, -0.15) is 0 Å². The highest BCUT2D eigenvalue weighted by Crippen LogP contribution is 2.19. The van der Waals surface area contributed by atoms with Crippen LogP contribution in [-0.2, 0) is 4.74 Å². The second kappa shape index (κ2) is 6.38. The Balaban J connectivity index is 2.32. The maximum Gasteiger partial charge on any atom is 0.0823 e. The monoisotopic (exact) mass is 200 g/mol. The van der Waals surface area contributed by atoms with E-state index in [-0.39, 0.29) is 6.10 Å². The number of nitrogens with zero attached hydrogens (tertiary/aromatic N) is 1. The van der Waals surface area contributed by atoms with E-state index in [1.807, 2.05) is 6.92 Å². The second-order valence-electron chi connectivity index (χ2n) is 4.01. The summed E-state index contributed by atoms with van der Waals surface area (Å²) in [5.74, 6) is 0. The smallest absolute Gasteiger partial charge is 0.0823 e. The van der Waals surface area contributed by atoms with Crippen molar-refractivity contribution in [2.24, 2.45) is 5.73 Å².